The highest BCUT2D eigenvalue weighted by molar-refractivity contribution is 9.10. The lowest BCUT2D eigenvalue weighted by molar-refractivity contribution is 0.0692. The monoisotopic (exact) mass is 392 g/mol. The van der Waals surface area contributed by atoms with Gasteiger partial charge in [-0.15, -0.1) is 0 Å². The molecule has 0 aromatic heterocycles. The molecule has 0 fully saturated rings. The van der Waals surface area contributed by atoms with Crippen molar-refractivity contribution in [3.63, 3.8) is 0 Å². The quantitative estimate of drug-likeness (QED) is 0.728. The van der Waals surface area contributed by atoms with Crippen LogP contribution in [-0.4, -0.2) is 11.1 Å². The fraction of sp³-hybridized carbons (Fsp3) is 0.0714. The van der Waals surface area contributed by atoms with Gasteiger partial charge < -0.3 is 9.84 Å². The van der Waals surface area contributed by atoms with Crippen molar-refractivity contribution >= 4 is 45.1 Å². The minimum absolute atomic E-state index is 0.0362. The summed E-state index contributed by atoms with van der Waals surface area (Å²) in [5.74, 6) is -1.78. The highest BCUT2D eigenvalue weighted by Crippen LogP contribution is 2.34. The molecule has 0 unspecified atom stereocenters. The van der Waals surface area contributed by atoms with Gasteiger partial charge in [0.2, 0.25) is 0 Å². The number of carboxylic acids is 1. The SMILES string of the molecule is O=C(O)c1ccc(COc2cc(Cl)c(Br)cc2Cl)cc1F. The van der Waals surface area contributed by atoms with Crippen molar-refractivity contribution in [3.8, 4) is 5.75 Å². The molecular weight excluding hydrogens is 386 g/mol. The summed E-state index contributed by atoms with van der Waals surface area (Å²) < 4.78 is 19.6. The molecule has 2 rings (SSSR count). The van der Waals surface area contributed by atoms with E-state index in [0.717, 1.165) is 6.07 Å². The third-order valence-electron chi connectivity index (χ3n) is 2.63. The zero-order valence-corrected chi connectivity index (χ0v) is 13.5. The summed E-state index contributed by atoms with van der Waals surface area (Å²) in [6, 6.07) is 6.90. The molecule has 0 amide bonds. The van der Waals surface area contributed by atoms with E-state index in [2.05, 4.69) is 15.9 Å². The van der Waals surface area contributed by atoms with Crippen LogP contribution in [0.25, 0.3) is 0 Å². The summed E-state index contributed by atoms with van der Waals surface area (Å²) in [7, 11) is 0. The standard InChI is InChI=1S/C14H8BrCl2FO3/c15-9-4-11(17)13(5-10(9)16)21-6-7-1-2-8(14(19)20)12(18)3-7/h1-5H,6H2,(H,19,20). The summed E-state index contributed by atoms with van der Waals surface area (Å²) in [5, 5.41) is 9.54. The Morgan fingerprint density at radius 3 is 2.57 bits per heavy atom. The molecule has 0 spiro atoms. The third-order valence-corrected chi connectivity index (χ3v) is 4.13. The number of ether oxygens (including phenoxy) is 1. The van der Waals surface area contributed by atoms with E-state index in [0.29, 0.717) is 25.8 Å². The second kappa shape index (κ2) is 6.64. The van der Waals surface area contributed by atoms with E-state index in [1.54, 1.807) is 6.07 Å². The minimum atomic E-state index is -1.32. The average Bonchev–Trinajstić information content (AvgIpc) is 2.41. The molecule has 0 aliphatic carbocycles. The first-order valence-corrected chi connectivity index (χ1v) is 7.22. The van der Waals surface area contributed by atoms with Crippen LogP contribution >= 0.6 is 39.1 Å². The first-order valence-electron chi connectivity index (χ1n) is 5.67. The molecule has 3 nitrogen and oxygen atoms in total. The zero-order valence-electron chi connectivity index (χ0n) is 10.4. The number of hydrogen-bond donors (Lipinski definition) is 1. The van der Waals surface area contributed by atoms with E-state index in [1.165, 1.54) is 18.2 Å². The van der Waals surface area contributed by atoms with Crippen LogP contribution in [0.4, 0.5) is 4.39 Å². The van der Waals surface area contributed by atoms with Gasteiger partial charge in [-0.2, -0.15) is 0 Å². The largest absolute Gasteiger partial charge is 0.487 e. The Morgan fingerprint density at radius 1 is 1.24 bits per heavy atom. The Bertz CT molecular complexity index is 707. The first-order chi connectivity index (χ1) is 9.88. The fourth-order valence-electron chi connectivity index (χ4n) is 1.60. The lowest BCUT2D eigenvalue weighted by Gasteiger charge is -2.10. The van der Waals surface area contributed by atoms with Crippen LogP contribution < -0.4 is 4.74 Å². The first kappa shape index (κ1) is 16.1. The summed E-state index contributed by atoms with van der Waals surface area (Å²) in [4.78, 5) is 10.7. The highest BCUT2D eigenvalue weighted by Gasteiger charge is 2.11. The number of carbonyl (C=O) groups is 1. The minimum Gasteiger partial charge on any atom is -0.487 e. The van der Waals surface area contributed by atoms with E-state index >= 15 is 0 Å². The second-order valence-electron chi connectivity index (χ2n) is 4.10. The van der Waals surface area contributed by atoms with Crippen molar-refractivity contribution in [1.29, 1.82) is 0 Å². The van der Waals surface area contributed by atoms with Gasteiger partial charge in [-0.1, -0.05) is 29.3 Å². The summed E-state index contributed by atoms with van der Waals surface area (Å²) in [5.41, 5.74) is 0.0936. The molecule has 110 valence electrons. The highest BCUT2D eigenvalue weighted by atomic mass is 79.9. The predicted octanol–water partition coefficient (Wildman–Crippen LogP) is 5.17. The van der Waals surface area contributed by atoms with E-state index in [9.17, 15) is 9.18 Å². The topological polar surface area (TPSA) is 46.5 Å². The molecule has 0 bridgehead atoms. The van der Waals surface area contributed by atoms with Gasteiger partial charge in [0.1, 0.15) is 18.2 Å². The summed E-state index contributed by atoms with van der Waals surface area (Å²) in [6.45, 7) is 0.0362. The maximum Gasteiger partial charge on any atom is 0.338 e. The molecule has 2 aromatic carbocycles. The van der Waals surface area contributed by atoms with Gasteiger partial charge in [0, 0.05) is 10.5 Å². The maximum atomic E-state index is 13.5. The lowest BCUT2D eigenvalue weighted by Crippen LogP contribution is -2.03. The number of rotatable bonds is 4. The number of hydrogen-bond acceptors (Lipinski definition) is 2. The van der Waals surface area contributed by atoms with Gasteiger partial charge in [0.05, 0.1) is 15.6 Å². The lowest BCUT2D eigenvalue weighted by atomic mass is 10.1. The van der Waals surface area contributed by atoms with Gasteiger partial charge in [-0.25, -0.2) is 9.18 Å². The predicted molar refractivity (Wildman–Crippen MR) is 81.9 cm³/mol. The molecular formula is C14H8BrCl2FO3. The normalized spacial score (nSPS) is 10.5. The Kier molecular flexibility index (Phi) is 5.08. The molecule has 7 heteroatoms. The van der Waals surface area contributed by atoms with Crippen molar-refractivity contribution in [2.75, 3.05) is 0 Å². The van der Waals surface area contributed by atoms with E-state index in [4.69, 9.17) is 33.0 Å². The molecule has 1 N–H and O–H groups in total. The average molecular weight is 394 g/mol. The van der Waals surface area contributed by atoms with Crippen LogP contribution in [0.2, 0.25) is 10.0 Å². The number of benzene rings is 2. The Balaban J connectivity index is 2.15. The van der Waals surface area contributed by atoms with Gasteiger partial charge in [-0.3, -0.25) is 0 Å². The summed E-state index contributed by atoms with van der Waals surface area (Å²) >= 11 is 15.2. The van der Waals surface area contributed by atoms with Crippen molar-refractivity contribution < 1.29 is 19.0 Å². The number of carboxylic acid groups (broad SMARTS) is 1. The molecule has 2 aromatic rings. The zero-order chi connectivity index (χ0) is 15.6. The van der Waals surface area contributed by atoms with E-state index < -0.39 is 11.8 Å². The Morgan fingerprint density at radius 2 is 1.95 bits per heavy atom. The van der Waals surface area contributed by atoms with Crippen LogP contribution in [-0.2, 0) is 6.61 Å². The van der Waals surface area contributed by atoms with Crippen molar-refractivity contribution in [2.24, 2.45) is 0 Å². The molecule has 0 saturated heterocycles. The molecule has 0 radical (unpaired) electrons. The van der Waals surface area contributed by atoms with Gasteiger partial charge in [0.25, 0.3) is 0 Å². The van der Waals surface area contributed by atoms with Crippen LogP contribution in [0.1, 0.15) is 15.9 Å². The molecule has 0 atom stereocenters. The van der Waals surface area contributed by atoms with Crippen molar-refractivity contribution in [3.05, 3.63) is 61.8 Å². The van der Waals surface area contributed by atoms with Crippen molar-refractivity contribution in [2.45, 2.75) is 6.61 Å². The fourth-order valence-corrected chi connectivity index (χ4v) is 2.44. The number of aromatic carboxylic acids is 1. The van der Waals surface area contributed by atoms with Crippen LogP contribution in [0.3, 0.4) is 0 Å². The van der Waals surface area contributed by atoms with Crippen LogP contribution in [0.15, 0.2) is 34.8 Å². The maximum absolute atomic E-state index is 13.5. The Hall–Kier alpha value is -1.30. The van der Waals surface area contributed by atoms with Crippen LogP contribution in [0.5, 0.6) is 5.75 Å². The third kappa shape index (κ3) is 3.87. The smallest absolute Gasteiger partial charge is 0.338 e. The van der Waals surface area contributed by atoms with E-state index in [-0.39, 0.29) is 12.2 Å². The summed E-state index contributed by atoms with van der Waals surface area (Å²) in [6.07, 6.45) is 0. The molecule has 21 heavy (non-hydrogen) atoms. The van der Waals surface area contributed by atoms with Gasteiger partial charge in [-0.05, 0) is 39.7 Å². The van der Waals surface area contributed by atoms with Crippen LogP contribution in [0, 0.1) is 5.82 Å². The second-order valence-corrected chi connectivity index (χ2v) is 5.77. The van der Waals surface area contributed by atoms with Crippen molar-refractivity contribution in [1.82, 2.24) is 0 Å². The molecule has 0 aliphatic heterocycles. The molecule has 0 aliphatic rings. The molecule has 0 heterocycles. The molecule has 0 saturated carbocycles. The van der Waals surface area contributed by atoms with E-state index in [1.807, 2.05) is 0 Å². The Labute approximate surface area is 138 Å². The van der Waals surface area contributed by atoms with Gasteiger partial charge in [0.15, 0.2) is 0 Å². The van der Waals surface area contributed by atoms with Gasteiger partial charge >= 0.3 is 5.97 Å². The number of halogens is 4.